The molecule has 0 aliphatic carbocycles. The Morgan fingerprint density at radius 3 is 1.83 bits per heavy atom. The third-order valence-corrected chi connectivity index (χ3v) is 6.08. The van der Waals surface area contributed by atoms with Gasteiger partial charge in [0, 0.05) is 12.8 Å². The summed E-state index contributed by atoms with van der Waals surface area (Å²) in [5, 5.41) is 0. The fourth-order valence-electron chi connectivity index (χ4n) is 4.00. The Bertz CT molecular complexity index is 270. The molecule has 24 heavy (non-hydrogen) atoms. The van der Waals surface area contributed by atoms with Gasteiger partial charge in [-0.05, 0) is 58.0 Å². The Labute approximate surface area is 168 Å². The Balaban J connectivity index is 0.00000529. The van der Waals surface area contributed by atoms with Gasteiger partial charge in [-0.1, -0.05) is 32.6 Å². The van der Waals surface area contributed by atoms with E-state index in [1.807, 2.05) is 0 Å². The molecule has 0 N–H and O–H groups in total. The lowest BCUT2D eigenvalue weighted by atomic mass is 10.1. The maximum absolute atomic E-state index is 4.36. The predicted octanol–water partition coefficient (Wildman–Crippen LogP) is 1.99. The summed E-state index contributed by atoms with van der Waals surface area (Å²) in [5.41, 5.74) is 0. The standard InChI is InChI=1S/C20H42N2S.BrH/c1-3-21(2)15-9-7-5-4-6-8-10-16-22(17-11-12-18-22)19-13-14-20-23;/h3-20H2,1-2H3;1H. The molecule has 0 aromatic rings. The van der Waals surface area contributed by atoms with Crippen LogP contribution in [0.4, 0.5) is 0 Å². The molecule has 1 aliphatic heterocycles. The lowest BCUT2D eigenvalue weighted by Gasteiger charge is -2.34. The summed E-state index contributed by atoms with van der Waals surface area (Å²) in [6.45, 7) is 10.5. The highest BCUT2D eigenvalue weighted by Gasteiger charge is 2.30. The zero-order valence-corrected chi connectivity index (χ0v) is 18.9. The first-order valence-corrected chi connectivity index (χ1v) is 11.0. The quantitative estimate of drug-likeness (QED) is 0.240. The lowest BCUT2D eigenvalue weighted by Crippen LogP contribution is -3.00. The van der Waals surface area contributed by atoms with Crippen molar-refractivity contribution in [2.45, 2.75) is 77.6 Å². The van der Waals surface area contributed by atoms with Crippen molar-refractivity contribution in [2.75, 3.05) is 52.1 Å². The van der Waals surface area contributed by atoms with Crippen LogP contribution in [0.3, 0.4) is 0 Å². The highest BCUT2D eigenvalue weighted by molar-refractivity contribution is 7.80. The van der Waals surface area contributed by atoms with Crippen molar-refractivity contribution >= 4 is 12.6 Å². The van der Waals surface area contributed by atoms with Crippen molar-refractivity contribution in [3.63, 3.8) is 0 Å². The number of likely N-dealkylation sites (tertiary alicyclic amines) is 1. The number of halogens is 1. The van der Waals surface area contributed by atoms with Gasteiger partial charge in [-0.25, -0.2) is 0 Å². The van der Waals surface area contributed by atoms with Crippen molar-refractivity contribution in [2.24, 2.45) is 0 Å². The van der Waals surface area contributed by atoms with Crippen molar-refractivity contribution in [1.82, 2.24) is 4.90 Å². The molecule has 0 atom stereocenters. The van der Waals surface area contributed by atoms with E-state index in [0.29, 0.717) is 0 Å². The largest absolute Gasteiger partial charge is 1.00 e. The molecule has 1 heterocycles. The molecule has 4 heteroatoms. The zero-order valence-electron chi connectivity index (χ0n) is 16.4. The van der Waals surface area contributed by atoms with Crippen molar-refractivity contribution in [3.05, 3.63) is 0 Å². The molecule has 0 spiro atoms. The molecule has 1 aliphatic rings. The van der Waals surface area contributed by atoms with Crippen LogP contribution in [-0.2, 0) is 0 Å². The first-order chi connectivity index (χ1) is 11.2. The fourth-order valence-corrected chi connectivity index (χ4v) is 4.22. The second-order valence-electron chi connectivity index (χ2n) is 7.74. The highest BCUT2D eigenvalue weighted by Crippen LogP contribution is 2.22. The molecule has 0 amide bonds. The topological polar surface area (TPSA) is 3.24 Å². The number of nitrogens with zero attached hydrogens (tertiary/aromatic N) is 2. The van der Waals surface area contributed by atoms with Gasteiger partial charge in [-0.15, -0.1) is 0 Å². The van der Waals surface area contributed by atoms with Crippen LogP contribution in [0, 0.1) is 0 Å². The van der Waals surface area contributed by atoms with Crippen molar-refractivity contribution in [3.8, 4) is 0 Å². The molecule has 0 aromatic carbocycles. The Hall–Kier alpha value is 0.750. The first kappa shape index (κ1) is 24.8. The van der Waals surface area contributed by atoms with Crippen molar-refractivity contribution < 1.29 is 21.5 Å². The number of hydrogen-bond acceptors (Lipinski definition) is 2. The number of quaternary nitrogens is 1. The number of unbranched alkanes of at least 4 members (excludes halogenated alkanes) is 7. The minimum Gasteiger partial charge on any atom is -1.00 e. The van der Waals surface area contributed by atoms with Crippen LogP contribution in [0.15, 0.2) is 0 Å². The highest BCUT2D eigenvalue weighted by atomic mass is 79.9. The maximum atomic E-state index is 4.36. The fraction of sp³-hybridized carbons (Fsp3) is 1.00. The minimum atomic E-state index is 0. The van der Waals surface area contributed by atoms with Crippen LogP contribution in [-0.4, -0.2) is 61.5 Å². The summed E-state index contributed by atoms with van der Waals surface area (Å²) in [7, 11) is 2.23. The normalized spacial score (nSPS) is 16.5. The minimum absolute atomic E-state index is 0. The molecule has 1 rings (SSSR count). The summed E-state index contributed by atoms with van der Waals surface area (Å²) in [5.74, 6) is 1.06. The van der Waals surface area contributed by atoms with E-state index in [1.54, 1.807) is 0 Å². The molecule has 2 nitrogen and oxygen atoms in total. The first-order valence-electron chi connectivity index (χ1n) is 10.4. The Morgan fingerprint density at radius 1 is 0.792 bits per heavy atom. The molecule has 0 radical (unpaired) electrons. The summed E-state index contributed by atoms with van der Waals surface area (Å²) >= 11 is 4.36. The van der Waals surface area contributed by atoms with Gasteiger partial charge in [0.25, 0.3) is 0 Å². The summed E-state index contributed by atoms with van der Waals surface area (Å²) in [4.78, 5) is 2.42. The van der Waals surface area contributed by atoms with Crippen LogP contribution in [0.2, 0.25) is 0 Å². The van der Waals surface area contributed by atoms with Gasteiger partial charge in [-0.2, -0.15) is 12.6 Å². The van der Waals surface area contributed by atoms with Gasteiger partial charge < -0.3 is 26.4 Å². The van der Waals surface area contributed by atoms with E-state index >= 15 is 0 Å². The van der Waals surface area contributed by atoms with E-state index in [4.69, 9.17) is 0 Å². The number of thiol groups is 1. The van der Waals surface area contributed by atoms with Gasteiger partial charge in [0.2, 0.25) is 0 Å². The van der Waals surface area contributed by atoms with Crippen LogP contribution >= 0.6 is 12.6 Å². The van der Waals surface area contributed by atoms with Gasteiger partial charge in [-0.3, -0.25) is 0 Å². The maximum Gasteiger partial charge on any atom is 0.0788 e. The zero-order chi connectivity index (χ0) is 16.8. The molecule has 0 unspecified atom stereocenters. The molecular weight excluding hydrogens is 380 g/mol. The Kier molecular flexibility index (Phi) is 16.5. The lowest BCUT2D eigenvalue weighted by molar-refractivity contribution is -0.917. The second-order valence-corrected chi connectivity index (χ2v) is 8.19. The van der Waals surface area contributed by atoms with E-state index in [9.17, 15) is 0 Å². The molecular formula is C20H43BrN2S. The van der Waals surface area contributed by atoms with E-state index in [-0.39, 0.29) is 17.0 Å². The van der Waals surface area contributed by atoms with Gasteiger partial charge in [0.1, 0.15) is 0 Å². The molecule has 0 saturated carbocycles. The van der Waals surface area contributed by atoms with Crippen LogP contribution in [0.5, 0.6) is 0 Å². The van der Waals surface area contributed by atoms with Gasteiger partial charge in [0.15, 0.2) is 0 Å². The van der Waals surface area contributed by atoms with E-state index in [0.717, 1.165) is 5.75 Å². The SMILES string of the molecule is CCN(C)CCCCCCCCC[N+]1(CCCCS)CCCC1.[Br-]. The van der Waals surface area contributed by atoms with Crippen LogP contribution < -0.4 is 17.0 Å². The summed E-state index contributed by atoms with van der Waals surface area (Å²) in [6, 6.07) is 0. The third-order valence-electron chi connectivity index (χ3n) is 5.77. The van der Waals surface area contributed by atoms with Gasteiger partial charge >= 0.3 is 0 Å². The average Bonchev–Trinajstić information content (AvgIpc) is 3.02. The predicted molar refractivity (Wildman–Crippen MR) is 108 cm³/mol. The number of hydrogen-bond donors (Lipinski definition) is 1. The van der Waals surface area contributed by atoms with Crippen LogP contribution in [0.25, 0.3) is 0 Å². The van der Waals surface area contributed by atoms with Crippen LogP contribution in [0.1, 0.15) is 77.6 Å². The molecule has 1 fully saturated rings. The van der Waals surface area contributed by atoms with Crippen molar-refractivity contribution in [1.29, 1.82) is 0 Å². The van der Waals surface area contributed by atoms with Gasteiger partial charge in [0.05, 0.1) is 26.2 Å². The van der Waals surface area contributed by atoms with E-state index in [1.165, 1.54) is 114 Å². The van der Waals surface area contributed by atoms with E-state index < -0.39 is 0 Å². The second kappa shape index (κ2) is 16.0. The summed E-state index contributed by atoms with van der Waals surface area (Å²) < 4.78 is 1.44. The molecule has 1 saturated heterocycles. The third kappa shape index (κ3) is 11.4. The molecule has 146 valence electrons. The molecule has 0 aromatic heterocycles. The Morgan fingerprint density at radius 2 is 1.29 bits per heavy atom. The smallest absolute Gasteiger partial charge is 0.0788 e. The summed E-state index contributed by atoms with van der Waals surface area (Å²) in [6.07, 6.45) is 15.7. The monoisotopic (exact) mass is 422 g/mol. The average molecular weight is 424 g/mol. The van der Waals surface area contributed by atoms with E-state index in [2.05, 4.69) is 31.5 Å². The number of rotatable bonds is 15. The molecule has 0 bridgehead atoms.